The molecule has 9 heteroatoms. The highest BCUT2D eigenvalue weighted by molar-refractivity contribution is 7.09. The minimum absolute atomic E-state index is 0.00754. The summed E-state index contributed by atoms with van der Waals surface area (Å²) in [5, 5.41) is 4.35. The molecule has 0 bridgehead atoms. The molecule has 33 heavy (non-hydrogen) atoms. The van der Waals surface area contributed by atoms with Gasteiger partial charge in [-0.2, -0.15) is 0 Å². The highest BCUT2D eigenvalue weighted by Crippen LogP contribution is 2.24. The molecule has 1 amide bonds. The molecule has 0 atom stereocenters. The Kier molecular flexibility index (Phi) is 6.22. The van der Waals surface area contributed by atoms with E-state index >= 15 is 0 Å². The largest absolute Gasteiger partial charge is 0.339 e. The van der Waals surface area contributed by atoms with Crippen LogP contribution in [-0.4, -0.2) is 56.4 Å². The van der Waals surface area contributed by atoms with Crippen LogP contribution in [0.1, 0.15) is 5.01 Å². The number of aromatic nitrogens is 3. The lowest BCUT2D eigenvalue weighted by Crippen LogP contribution is -2.49. The molecule has 1 aliphatic heterocycles. The minimum atomic E-state index is -0.187. The fourth-order valence-corrected chi connectivity index (χ4v) is 4.92. The number of hydrogen-bond acceptors (Lipinski definition) is 6. The van der Waals surface area contributed by atoms with Gasteiger partial charge in [0.2, 0.25) is 5.91 Å². The van der Waals surface area contributed by atoms with Crippen molar-refractivity contribution in [2.75, 3.05) is 26.2 Å². The Morgan fingerprint density at radius 1 is 1.03 bits per heavy atom. The normalized spacial score (nSPS) is 14.6. The maximum Gasteiger partial charge on any atom is 0.261 e. The van der Waals surface area contributed by atoms with Crippen LogP contribution < -0.4 is 5.56 Å². The van der Waals surface area contributed by atoms with Gasteiger partial charge in [-0.15, -0.1) is 11.3 Å². The Hall–Kier alpha value is -3.07. The number of thiazole rings is 1. The summed E-state index contributed by atoms with van der Waals surface area (Å²) < 4.78 is 1.39. The standard InChI is InChI=1S/C24H22ClN5O2S/c25-18-7-5-17(6-8-18)21-15-33-22(27-21)13-28-9-11-29(12-10-28)23(31)14-30-16-26-20-4-2-1-3-19(20)24(30)32/h1-8,15-16H,9-14H2. The van der Waals surface area contributed by atoms with E-state index in [-0.39, 0.29) is 18.0 Å². The fourth-order valence-electron chi connectivity index (χ4n) is 3.95. The minimum Gasteiger partial charge on any atom is -0.339 e. The van der Waals surface area contributed by atoms with Gasteiger partial charge in [0.1, 0.15) is 11.6 Å². The van der Waals surface area contributed by atoms with E-state index in [0.29, 0.717) is 29.0 Å². The summed E-state index contributed by atoms with van der Waals surface area (Å²) in [7, 11) is 0. The van der Waals surface area contributed by atoms with Crippen molar-refractivity contribution in [2.24, 2.45) is 0 Å². The summed E-state index contributed by atoms with van der Waals surface area (Å²) in [5.74, 6) is -0.0619. The van der Waals surface area contributed by atoms with E-state index in [2.05, 4.69) is 15.3 Å². The Labute approximate surface area is 199 Å². The fraction of sp³-hybridized carbons (Fsp3) is 0.250. The van der Waals surface area contributed by atoms with Gasteiger partial charge < -0.3 is 4.90 Å². The number of halogens is 1. The molecule has 4 aromatic rings. The van der Waals surface area contributed by atoms with E-state index in [1.54, 1.807) is 29.5 Å². The molecule has 3 heterocycles. The lowest BCUT2D eigenvalue weighted by Gasteiger charge is -2.34. The second kappa shape index (κ2) is 9.43. The zero-order valence-corrected chi connectivity index (χ0v) is 19.4. The van der Waals surface area contributed by atoms with E-state index < -0.39 is 0 Å². The number of para-hydroxylation sites is 1. The van der Waals surface area contributed by atoms with Crippen LogP contribution in [0.25, 0.3) is 22.2 Å². The predicted octanol–water partition coefficient (Wildman–Crippen LogP) is 3.52. The summed E-state index contributed by atoms with van der Waals surface area (Å²) in [6.07, 6.45) is 1.46. The third kappa shape index (κ3) is 4.83. The number of amides is 1. The summed E-state index contributed by atoms with van der Waals surface area (Å²) in [6, 6.07) is 14.9. The molecular weight excluding hydrogens is 458 g/mol. The van der Waals surface area contributed by atoms with E-state index in [0.717, 1.165) is 35.9 Å². The van der Waals surface area contributed by atoms with E-state index in [1.807, 2.05) is 35.2 Å². The molecule has 0 N–H and O–H groups in total. The van der Waals surface area contributed by atoms with Crippen LogP contribution in [0.2, 0.25) is 5.02 Å². The molecule has 7 nitrogen and oxygen atoms in total. The smallest absolute Gasteiger partial charge is 0.261 e. The zero-order chi connectivity index (χ0) is 22.8. The van der Waals surface area contributed by atoms with Gasteiger partial charge in [0.25, 0.3) is 5.56 Å². The highest BCUT2D eigenvalue weighted by Gasteiger charge is 2.22. The van der Waals surface area contributed by atoms with Gasteiger partial charge in [0, 0.05) is 42.1 Å². The van der Waals surface area contributed by atoms with Crippen molar-refractivity contribution >= 4 is 39.7 Å². The van der Waals surface area contributed by atoms with Crippen molar-refractivity contribution in [3.63, 3.8) is 0 Å². The Bertz CT molecular complexity index is 1340. The lowest BCUT2D eigenvalue weighted by atomic mass is 10.2. The number of piperazine rings is 1. The summed E-state index contributed by atoms with van der Waals surface area (Å²) in [5.41, 5.74) is 2.46. The first-order valence-electron chi connectivity index (χ1n) is 10.7. The first-order valence-corrected chi connectivity index (χ1v) is 12.0. The SMILES string of the molecule is O=C(Cn1cnc2ccccc2c1=O)N1CCN(Cc2nc(-c3ccc(Cl)cc3)cs2)CC1. The number of benzene rings is 2. The highest BCUT2D eigenvalue weighted by atomic mass is 35.5. The lowest BCUT2D eigenvalue weighted by molar-refractivity contribution is -0.133. The zero-order valence-electron chi connectivity index (χ0n) is 17.9. The molecule has 1 saturated heterocycles. The Balaban J connectivity index is 1.17. The van der Waals surface area contributed by atoms with E-state index in [4.69, 9.17) is 16.6 Å². The van der Waals surface area contributed by atoms with Crippen molar-refractivity contribution in [1.82, 2.24) is 24.3 Å². The molecule has 5 rings (SSSR count). The second-order valence-corrected chi connectivity index (χ2v) is 9.36. The van der Waals surface area contributed by atoms with Crippen LogP contribution in [0.3, 0.4) is 0 Å². The number of fused-ring (bicyclic) bond motifs is 1. The van der Waals surface area contributed by atoms with Crippen LogP contribution in [0.5, 0.6) is 0 Å². The van der Waals surface area contributed by atoms with Crippen molar-refractivity contribution in [1.29, 1.82) is 0 Å². The van der Waals surface area contributed by atoms with Gasteiger partial charge in [-0.25, -0.2) is 9.97 Å². The van der Waals surface area contributed by atoms with Crippen molar-refractivity contribution in [2.45, 2.75) is 13.1 Å². The third-order valence-electron chi connectivity index (χ3n) is 5.81. The number of rotatable bonds is 5. The summed E-state index contributed by atoms with van der Waals surface area (Å²) >= 11 is 7.61. The summed E-state index contributed by atoms with van der Waals surface area (Å²) in [4.78, 5) is 38.6. The van der Waals surface area contributed by atoms with Crippen LogP contribution >= 0.6 is 22.9 Å². The molecule has 1 aliphatic rings. The first-order chi connectivity index (χ1) is 16.1. The van der Waals surface area contributed by atoms with Gasteiger partial charge in [-0.1, -0.05) is 35.9 Å². The molecule has 2 aromatic carbocycles. The van der Waals surface area contributed by atoms with Gasteiger partial charge in [-0.05, 0) is 24.3 Å². The number of nitrogens with zero attached hydrogens (tertiary/aromatic N) is 5. The molecule has 1 fully saturated rings. The van der Waals surface area contributed by atoms with Crippen LogP contribution in [0.15, 0.2) is 65.0 Å². The number of carbonyl (C=O) groups is 1. The number of carbonyl (C=O) groups excluding carboxylic acids is 1. The van der Waals surface area contributed by atoms with E-state index in [9.17, 15) is 9.59 Å². The molecule has 0 saturated carbocycles. The molecule has 0 radical (unpaired) electrons. The topological polar surface area (TPSA) is 71.3 Å². The quantitative estimate of drug-likeness (QED) is 0.438. The average Bonchev–Trinajstić information content (AvgIpc) is 3.30. The van der Waals surface area contributed by atoms with Gasteiger partial charge in [-0.3, -0.25) is 19.1 Å². The molecule has 0 unspecified atom stereocenters. The second-order valence-electron chi connectivity index (χ2n) is 7.99. The molecule has 2 aromatic heterocycles. The Morgan fingerprint density at radius 2 is 1.79 bits per heavy atom. The van der Waals surface area contributed by atoms with Crippen molar-refractivity contribution < 1.29 is 4.79 Å². The van der Waals surface area contributed by atoms with Crippen LogP contribution in [0, 0.1) is 0 Å². The number of hydrogen-bond donors (Lipinski definition) is 0. The maximum atomic E-state index is 12.8. The van der Waals surface area contributed by atoms with Crippen molar-refractivity contribution in [3.05, 3.63) is 80.6 Å². The van der Waals surface area contributed by atoms with E-state index in [1.165, 1.54) is 10.9 Å². The maximum absolute atomic E-state index is 12.8. The summed E-state index contributed by atoms with van der Waals surface area (Å²) in [6.45, 7) is 3.56. The van der Waals surface area contributed by atoms with Crippen LogP contribution in [0.4, 0.5) is 0 Å². The molecule has 0 aliphatic carbocycles. The van der Waals surface area contributed by atoms with Gasteiger partial charge >= 0.3 is 0 Å². The van der Waals surface area contributed by atoms with Crippen LogP contribution in [-0.2, 0) is 17.9 Å². The molecule has 0 spiro atoms. The molecule has 168 valence electrons. The van der Waals surface area contributed by atoms with Crippen molar-refractivity contribution in [3.8, 4) is 11.3 Å². The monoisotopic (exact) mass is 479 g/mol. The first kappa shape index (κ1) is 21.8. The Morgan fingerprint density at radius 3 is 2.58 bits per heavy atom. The molecular formula is C24H22ClN5O2S. The van der Waals surface area contributed by atoms with Gasteiger partial charge in [0.05, 0.1) is 29.5 Å². The van der Waals surface area contributed by atoms with Gasteiger partial charge in [0.15, 0.2) is 0 Å². The average molecular weight is 480 g/mol. The third-order valence-corrected chi connectivity index (χ3v) is 6.90. The predicted molar refractivity (Wildman–Crippen MR) is 130 cm³/mol.